The van der Waals surface area contributed by atoms with E-state index in [0.29, 0.717) is 5.92 Å². The summed E-state index contributed by atoms with van der Waals surface area (Å²) in [6.07, 6.45) is 0. The van der Waals surface area contributed by atoms with Gasteiger partial charge in [0.15, 0.2) is 0 Å². The maximum Gasteiger partial charge on any atom is 0.252 e. The predicted molar refractivity (Wildman–Crippen MR) is 155 cm³/mol. The number of para-hydroxylation sites is 3. The van der Waals surface area contributed by atoms with Crippen molar-refractivity contribution in [2.75, 3.05) is 9.80 Å². The van der Waals surface area contributed by atoms with E-state index >= 15 is 0 Å². The fourth-order valence-electron chi connectivity index (χ4n) is 5.98. The van der Waals surface area contributed by atoms with Crippen LogP contribution in [-0.2, 0) is 0 Å². The Labute approximate surface area is 213 Å². The molecule has 0 amide bonds. The van der Waals surface area contributed by atoms with Crippen molar-refractivity contribution in [3.63, 3.8) is 0 Å². The molecule has 0 bridgehead atoms. The molecule has 0 N–H and O–H groups in total. The minimum absolute atomic E-state index is 0.190. The van der Waals surface area contributed by atoms with Crippen LogP contribution in [0.3, 0.4) is 0 Å². The van der Waals surface area contributed by atoms with Gasteiger partial charge in [0.05, 0.1) is 0 Å². The molecule has 36 heavy (non-hydrogen) atoms. The van der Waals surface area contributed by atoms with Crippen molar-refractivity contribution in [3.05, 3.63) is 127 Å². The second-order valence-corrected chi connectivity index (χ2v) is 10.0. The highest BCUT2D eigenvalue weighted by Gasteiger charge is 2.42. The summed E-state index contributed by atoms with van der Waals surface area (Å²) in [4.78, 5) is 4.88. The average molecular weight is 462 g/mol. The molecule has 0 atom stereocenters. The van der Waals surface area contributed by atoms with Crippen LogP contribution in [0.4, 0.5) is 34.1 Å². The molecular formula is C33H27BN2. The Hall–Kier alpha value is -4.24. The maximum absolute atomic E-state index is 2.45. The third kappa shape index (κ3) is 3.06. The largest absolute Gasteiger partial charge is 0.311 e. The number of anilines is 6. The molecule has 5 aromatic rings. The number of hydrogen-bond donors (Lipinski definition) is 0. The molecule has 0 radical (unpaired) electrons. The number of rotatable bonds is 3. The van der Waals surface area contributed by atoms with E-state index in [1.54, 1.807) is 0 Å². The van der Waals surface area contributed by atoms with Gasteiger partial charge in [0.25, 0.3) is 6.71 Å². The van der Waals surface area contributed by atoms with Crippen LogP contribution in [0.2, 0.25) is 0 Å². The average Bonchev–Trinajstić information content (AvgIpc) is 2.93. The molecule has 0 spiro atoms. The first-order chi connectivity index (χ1) is 17.7. The van der Waals surface area contributed by atoms with Crippen LogP contribution in [-0.4, -0.2) is 6.71 Å². The van der Waals surface area contributed by atoms with E-state index in [0.717, 1.165) is 0 Å². The van der Waals surface area contributed by atoms with Crippen molar-refractivity contribution in [2.45, 2.75) is 19.8 Å². The van der Waals surface area contributed by atoms with Gasteiger partial charge in [-0.15, -0.1) is 0 Å². The number of benzene rings is 5. The molecule has 7 rings (SSSR count). The molecule has 0 saturated heterocycles. The summed E-state index contributed by atoms with van der Waals surface area (Å²) in [5.41, 5.74) is 12.8. The molecule has 2 aliphatic heterocycles. The highest BCUT2D eigenvalue weighted by atomic mass is 15.2. The van der Waals surface area contributed by atoms with Crippen LogP contribution in [0, 0.1) is 0 Å². The summed E-state index contributed by atoms with van der Waals surface area (Å²) in [6.45, 7) is 4.69. The van der Waals surface area contributed by atoms with Gasteiger partial charge in [0, 0.05) is 34.1 Å². The van der Waals surface area contributed by atoms with E-state index < -0.39 is 0 Å². The van der Waals surface area contributed by atoms with Crippen molar-refractivity contribution in [2.24, 2.45) is 0 Å². The third-order valence-corrected chi connectivity index (χ3v) is 7.64. The van der Waals surface area contributed by atoms with E-state index in [2.05, 4.69) is 145 Å². The zero-order valence-corrected chi connectivity index (χ0v) is 20.6. The standard InChI is InChI=1S/C33H27BN2/c1-23(2)24-19-21-26(22-20-24)36-30-16-9-7-14-28(30)34-27-13-6-8-15-29(27)35(25-11-4-3-5-12-25)31-17-10-18-32(36)33(31)34/h3-23H,1-2H3. The van der Waals surface area contributed by atoms with E-state index in [1.807, 2.05) is 0 Å². The fourth-order valence-corrected chi connectivity index (χ4v) is 5.98. The second-order valence-electron chi connectivity index (χ2n) is 10.0. The van der Waals surface area contributed by atoms with Gasteiger partial charge in [-0.1, -0.05) is 86.6 Å². The van der Waals surface area contributed by atoms with Crippen LogP contribution in [0.5, 0.6) is 0 Å². The molecule has 3 heteroatoms. The Morgan fingerprint density at radius 2 is 0.944 bits per heavy atom. The smallest absolute Gasteiger partial charge is 0.252 e. The first kappa shape index (κ1) is 21.1. The van der Waals surface area contributed by atoms with Crippen LogP contribution >= 0.6 is 0 Å². The SMILES string of the molecule is CC(C)c1ccc(N2c3ccccc3B3c4ccccc4N(c4ccccc4)c4cccc2c43)cc1. The lowest BCUT2D eigenvalue weighted by molar-refractivity contribution is 0.866. The minimum atomic E-state index is 0.190. The third-order valence-electron chi connectivity index (χ3n) is 7.64. The molecule has 2 heterocycles. The fraction of sp³-hybridized carbons (Fsp3) is 0.0909. The van der Waals surface area contributed by atoms with E-state index in [9.17, 15) is 0 Å². The van der Waals surface area contributed by atoms with Crippen LogP contribution < -0.4 is 26.2 Å². The van der Waals surface area contributed by atoms with Crippen molar-refractivity contribution < 1.29 is 0 Å². The Morgan fingerprint density at radius 1 is 0.472 bits per heavy atom. The zero-order chi connectivity index (χ0) is 24.2. The van der Waals surface area contributed by atoms with Gasteiger partial charge < -0.3 is 9.80 Å². The molecule has 0 aliphatic carbocycles. The van der Waals surface area contributed by atoms with E-state index in [4.69, 9.17) is 0 Å². The lowest BCUT2D eigenvalue weighted by Crippen LogP contribution is -2.61. The highest BCUT2D eigenvalue weighted by Crippen LogP contribution is 2.43. The molecule has 2 nitrogen and oxygen atoms in total. The maximum atomic E-state index is 2.45. The molecule has 2 aliphatic rings. The summed E-state index contributed by atoms with van der Waals surface area (Å²) in [5, 5.41) is 0. The van der Waals surface area contributed by atoms with Crippen molar-refractivity contribution >= 4 is 57.2 Å². The summed E-state index contributed by atoms with van der Waals surface area (Å²) in [5.74, 6) is 0.512. The molecule has 0 aromatic heterocycles. The topological polar surface area (TPSA) is 6.48 Å². The van der Waals surface area contributed by atoms with Crippen molar-refractivity contribution in [3.8, 4) is 0 Å². The molecule has 172 valence electrons. The zero-order valence-electron chi connectivity index (χ0n) is 20.6. The molecule has 0 fully saturated rings. The highest BCUT2D eigenvalue weighted by molar-refractivity contribution is 7.00. The van der Waals surface area contributed by atoms with Gasteiger partial charge >= 0.3 is 0 Å². The molecule has 0 saturated carbocycles. The summed E-state index contributed by atoms with van der Waals surface area (Å²) < 4.78 is 0. The predicted octanol–water partition coefficient (Wildman–Crippen LogP) is 6.89. The monoisotopic (exact) mass is 462 g/mol. The van der Waals surface area contributed by atoms with Gasteiger partial charge in [0.2, 0.25) is 0 Å². The van der Waals surface area contributed by atoms with E-state index in [-0.39, 0.29) is 6.71 Å². The van der Waals surface area contributed by atoms with Crippen molar-refractivity contribution in [1.82, 2.24) is 0 Å². The molecule has 5 aromatic carbocycles. The van der Waals surface area contributed by atoms with Gasteiger partial charge in [-0.3, -0.25) is 0 Å². The van der Waals surface area contributed by atoms with Crippen molar-refractivity contribution in [1.29, 1.82) is 0 Å². The van der Waals surface area contributed by atoms with Gasteiger partial charge in [-0.25, -0.2) is 0 Å². The van der Waals surface area contributed by atoms with Gasteiger partial charge in [-0.2, -0.15) is 0 Å². The Balaban J connectivity index is 1.52. The van der Waals surface area contributed by atoms with Crippen LogP contribution in [0.1, 0.15) is 25.3 Å². The lowest BCUT2D eigenvalue weighted by atomic mass is 9.33. The number of hydrogen-bond acceptors (Lipinski definition) is 2. The van der Waals surface area contributed by atoms with Crippen LogP contribution in [0.15, 0.2) is 121 Å². The van der Waals surface area contributed by atoms with Gasteiger partial charge in [-0.05, 0) is 76.4 Å². The Bertz CT molecular complexity index is 1570. The van der Waals surface area contributed by atoms with E-state index in [1.165, 1.54) is 56.1 Å². The minimum Gasteiger partial charge on any atom is -0.311 e. The lowest BCUT2D eigenvalue weighted by Gasteiger charge is -2.44. The van der Waals surface area contributed by atoms with Crippen LogP contribution in [0.25, 0.3) is 0 Å². The quantitative estimate of drug-likeness (QED) is 0.264. The molecular weight excluding hydrogens is 435 g/mol. The summed E-state index contributed by atoms with van der Waals surface area (Å²) in [6, 6.07) is 44.4. The Morgan fingerprint density at radius 3 is 1.50 bits per heavy atom. The normalized spacial score (nSPS) is 13.4. The number of nitrogens with zero attached hydrogens (tertiary/aromatic N) is 2. The summed E-state index contributed by atoms with van der Waals surface area (Å²) >= 11 is 0. The van der Waals surface area contributed by atoms with Gasteiger partial charge in [0.1, 0.15) is 0 Å². The first-order valence-electron chi connectivity index (χ1n) is 12.8. The Kier molecular flexibility index (Phi) is 4.78. The molecule has 0 unspecified atom stereocenters. The second kappa shape index (κ2) is 8.17. The summed E-state index contributed by atoms with van der Waals surface area (Å²) in [7, 11) is 0. The first-order valence-corrected chi connectivity index (χ1v) is 12.8. The number of fused-ring (bicyclic) bond motifs is 4.